The molecule has 0 N–H and O–H groups in total. The number of allylic oxidation sites excluding steroid dienone is 1. The average Bonchev–Trinajstić information content (AvgIpc) is 2.56. The van der Waals surface area contributed by atoms with E-state index in [0.29, 0.717) is 11.6 Å². The maximum Gasteiger partial charge on any atom is 0.260 e. The number of aryl methyl sites for hydroxylation is 1. The summed E-state index contributed by atoms with van der Waals surface area (Å²) in [7, 11) is 0. The van der Waals surface area contributed by atoms with E-state index in [-0.39, 0.29) is 5.75 Å². The summed E-state index contributed by atoms with van der Waals surface area (Å²) in [5.74, 6) is -0.692. The van der Waals surface area contributed by atoms with Crippen LogP contribution >= 0.6 is 0 Å². The molecule has 0 heterocycles. The molecular weight excluding hydrogens is 313 g/mol. The molecule has 0 saturated heterocycles. The van der Waals surface area contributed by atoms with Crippen LogP contribution in [0.5, 0.6) is 5.75 Å². The molecule has 0 aromatic heterocycles. The van der Waals surface area contributed by atoms with Gasteiger partial charge in [0.1, 0.15) is 0 Å². The Bertz CT molecular complexity index is 703. The fourth-order valence-corrected chi connectivity index (χ4v) is 2.16. The fourth-order valence-electron chi connectivity index (χ4n) is 2.16. The smallest absolute Gasteiger partial charge is 0.260 e. The standard InChI is InChI=1S/C20H19F3O/c1-2-3-15-4-6-16(7-5-15)8-9-17-10-11-19(18(21)14-17)24-13-12-20(22)23/h4-14,20H,2-3H2,1H3/b9-8+,13-12+. The molecule has 4 heteroatoms. The Morgan fingerprint density at radius 2 is 1.67 bits per heavy atom. The number of benzene rings is 2. The average molecular weight is 332 g/mol. The van der Waals surface area contributed by atoms with Crippen LogP contribution in [-0.4, -0.2) is 6.43 Å². The second kappa shape index (κ2) is 8.96. The third-order valence-corrected chi connectivity index (χ3v) is 3.36. The van der Waals surface area contributed by atoms with E-state index in [4.69, 9.17) is 4.74 Å². The van der Waals surface area contributed by atoms with Gasteiger partial charge in [-0.25, -0.2) is 13.2 Å². The van der Waals surface area contributed by atoms with Crippen LogP contribution in [0.4, 0.5) is 13.2 Å². The third-order valence-electron chi connectivity index (χ3n) is 3.36. The van der Waals surface area contributed by atoms with E-state index in [1.807, 2.05) is 18.2 Å². The zero-order valence-corrected chi connectivity index (χ0v) is 13.4. The molecule has 0 aliphatic rings. The van der Waals surface area contributed by atoms with Crippen LogP contribution in [0.25, 0.3) is 12.2 Å². The second-order valence-corrected chi connectivity index (χ2v) is 5.30. The second-order valence-electron chi connectivity index (χ2n) is 5.30. The van der Waals surface area contributed by atoms with Crippen molar-refractivity contribution in [3.05, 3.63) is 77.3 Å². The predicted molar refractivity (Wildman–Crippen MR) is 91.5 cm³/mol. The topological polar surface area (TPSA) is 9.23 Å². The molecule has 0 amide bonds. The third kappa shape index (κ3) is 5.61. The molecule has 2 aromatic carbocycles. The van der Waals surface area contributed by atoms with Gasteiger partial charge in [0.15, 0.2) is 11.6 Å². The normalized spacial score (nSPS) is 11.7. The molecular formula is C20H19F3O. The van der Waals surface area contributed by atoms with Crippen LogP contribution in [0.15, 0.2) is 54.8 Å². The van der Waals surface area contributed by atoms with E-state index in [1.54, 1.807) is 12.1 Å². The van der Waals surface area contributed by atoms with Gasteiger partial charge in [0, 0.05) is 6.08 Å². The Morgan fingerprint density at radius 3 is 2.29 bits per heavy atom. The summed E-state index contributed by atoms with van der Waals surface area (Å²) >= 11 is 0. The van der Waals surface area contributed by atoms with Gasteiger partial charge in [-0.05, 0) is 35.2 Å². The summed E-state index contributed by atoms with van der Waals surface area (Å²) in [4.78, 5) is 0. The molecule has 0 bridgehead atoms. The van der Waals surface area contributed by atoms with Gasteiger partial charge in [0.25, 0.3) is 6.43 Å². The van der Waals surface area contributed by atoms with E-state index in [0.717, 1.165) is 24.7 Å². The first-order valence-electron chi connectivity index (χ1n) is 7.76. The van der Waals surface area contributed by atoms with Crippen molar-refractivity contribution in [3.63, 3.8) is 0 Å². The lowest BCUT2D eigenvalue weighted by Crippen LogP contribution is -1.90. The van der Waals surface area contributed by atoms with Crippen molar-refractivity contribution in [2.75, 3.05) is 0 Å². The zero-order chi connectivity index (χ0) is 17.4. The molecule has 0 fully saturated rings. The van der Waals surface area contributed by atoms with Crippen LogP contribution in [0.3, 0.4) is 0 Å². The van der Waals surface area contributed by atoms with Gasteiger partial charge in [-0.1, -0.05) is 55.8 Å². The number of halogens is 3. The highest BCUT2D eigenvalue weighted by molar-refractivity contribution is 5.70. The lowest BCUT2D eigenvalue weighted by molar-refractivity contribution is 0.201. The minimum Gasteiger partial charge on any atom is -0.462 e. The van der Waals surface area contributed by atoms with Crippen LogP contribution < -0.4 is 4.74 Å². The van der Waals surface area contributed by atoms with Crippen molar-refractivity contribution in [2.24, 2.45) is 0 Å². The Kier molecular flexibility index (Phi) is 6.67. The first-order valence-corrected chi connectivity index (χ1v) is 7.76. The Hall–Kier alpha value is -2.49. The summed E-state index contributed by atoms with van der Waals surface area (Å²) < 4.78 is 42.6. The number of rotatable bonds is 7. The fraction of sp³-hybridized carbons (Fsp3) is 0.200. The molecule has 0 unspecified atom stereocenters. The van der Waals surface area contributed by atoms with Crippen molar-refractivity contribution < 1.29 is 17.9 Å². The van der Waals surface area contributed by atoms with Gasteiger partial charge < -0.3 is 4.74 Å². The van der Waals surface area contributed by atoms with E-state index in [9.17, 15) is 13.2 Å². The lowest BCUT2D eigenvalue weighted by atomic mass is 10.1. The molecule has 0 saturated carbocycles. The van der Waals surface area contributed by atoms with Gasteiger partial charge in [0.2, 0.25) is 0 Å². The van der Waals surface area contributed by atoms with Crippen molar-refractivity contribution >= 4 is 12.2 Å². The van der Waals surface area contributed by atoms with Crippen LogP contribution in [-0.2, 0) is 6.42 Å². The largest absolute Gasteiger partial charge is 0.462 e. The van der Waals surface area contributed by atoms with Crippen LogP contribution in [0.2, 0.25) is 0 Å². The Balaban J connectivity index is 2.03. The van der Waals surface area contributed by atoms with Gasteiger partial charge in [0.05, 0.1) is 6.26 Å². The first-order chi connectivity index (χ1) is 11.6. The predicted octanol–water partition coefficient (Wildman–Crippen LogP) is 6.11. The summed E-state index contributed by atoms with van der Waals surface area (Å²) in [6, 6.07) is 12.6. The molecule has 24 heavy (non-hydrogen) atoms. The summed E-state index contributed by atoms with van der Waals surface area (Å²) in [5, 5.41) is 0. The molecule has 0 radical (unpaired) electrons. The number of hydrogen-bond donors (Lipinski definition) is 0. The van der Waals surface area contributed by atoms with Gasteiger partial charge >= 0.3 is 0 Å². The minimum atomic E-state index is -2.63. The molecule has 0 spiro atoms. The monoisotopic (exact) mass is 332 g/mol. The lowest BCUT2D eigenvalue weighted by Gasteiger charge is -2.03. The van der Waals surface area contributed by atoms with Crippen molar-refractivity contribution in [1.82, 2.24) is 0 Å². The summed E-state index contributed by atoms with van der Waals surface area (Å²) in [5.41, 5.74) is 2.98. The molecule has 0 aliphatic carbocycles. The highest BCUT2D eigenvalue weighted by Gasteiger charge is 2.03. The number of alkyl halides is 2. The Morgan fingerprint density at radius 1 is 1.00 bits per heavy atom. The highest BCUT2D eigenvalue weighted by atomic mass is 19.3. The summed E-state index contributed by atoms with van der Waals surface area (Å²) in [6.07, 6.45) is 4.55. The molecule has 126 valence electrons. The van der Waals surface area contributed by atoms with E-state index >= 15 is 0 Å². The maximum atomic E-state index is 13.9. The van der Waals surface area contributed by atoms with E-state index in [1.165, 1.54) is 17.7 Å². The first kappa shape index (κ1) is 17.9. The maximum absolute atomic E-state index is 13.9. The van der Waals surface area contributed by atoms with Crippen molar-refractivity contribution in [2.45, 2.75) is 26.2 Å². The molecule has 1 nitrogen and oxygen atoms in total. The number of ether oxygens (including phenoxy) is 1. The zero-order valence-electron chi connectivity index (χ0n) is 13.4. The minimum absolute atomic E-state index is 0.0898. The van der Waals surface area contributed by atoms with E-state index in [2.05, 4.69) is 19.1 Å². The SMILES string of the molecule is CCCc1ccc(/C=C/c2ccc(O/C=C/C(F)F)c(F)c2)cc1. The quantitative estimate of drug-likeness (QED) is 0.439. The summed E-state index contributed by atoms with van der Waals surface area (Å²) in [6.45, 7) is 2.14. The molecule has 0 atom stereocenters. The molecule has 2 rings (SSSR count). The van der Waals surface area contributed by atoms with Gasteiger partial charge in [-0.3, -0.25) is 0 Å². The molecule has 2 aromatic rings. The van der Waals surface area contributed by atoms with Crippen LogP contribution in [0.1, 0.15) is 30.0 Å². The highest BCUT2D eigenvalue weighted by Crippen LogP contribution is 2.20. The van der Waals surface area contributed by atoms with Crippen molar-refractivity contribution in [3.8, 4) is 5.75 Å². The Labute approximate surface area is 140 Å². The van der Waals surface area contributed by atoms with E-state index < -0.39 is 12.2 Å². The molecule has 0 aliphatic heterocycles. The number of hydrogen-bond acceptors (Lipinski definition) is 1. The van der Waals surface area contributed by atoms with Gasteiger partial charge in [-0.15, -0.1) is 0 Å². The van der Waals surface area contributed by atoms with Crippen molar-refractivity contribution in [1.29, 1.82) is 0 Å². The van der Waals surface area contributed by atoms with Crippen LogP contribution in [0, 0.1) is 5.82 Å². The van der Waals surface area contributed by atoms with Gasteiger partial charge in [-0.2, -0.15) is 0 Å².